The number of aromatic nitrogens is 3. The first-order valence-corrected chi connectivity index (χ1v) is 17.8. The van der Waals surface area contributed by atoms with E-state index in [1.807, 2.05) is 48.5 Å². The fourth-order valence-corrected chi connectivity index (χ4v) is 7.41. The van der Waals surface area contributed by atoms with Gasteiger partial charge in [0.25, 0.3) is 0 Å². The Balaban J connectivity index is 1.14. The second kappa shape index (κ2) is 12.9. The second-order valence-corrected chi connectivity index (χ2v) is 13.2. The number of hydrogen-bond donors (Lipinski definition) is 0. The molecule has 4 nitrogen and oxygen atoms in total. The minimum Gasteiger partial charge on any atom is -0.456 e. The number of fused-ring (bicyclic) bond motifs is 4. The van der Waals surface area contributed by atoms with Gasteiger partial charge in [-0.1, -0.05) is 170 Å². The molecule has 0 aliphatic carbocycles. The van der Waals surface area contributed by atoms with Crippen molar-refractivity contribution in [1.82, 2.24) is 15.0 Å². The zero-order valence-corrected chi connectivity index (χ0v) is 28.6. The smallest absolute Gasteiger partial charge is 0.164 e. The predicted octanol–water partition coefficient (Wildman–Crippen LogP) is 12.9. The normalized spacial score (nSPS) is 11.4. The van der Waals surface area contributed by atoms with Crippen LogP contribution in [0.1, 0.15) is 0 Å². The lowest BCUT2D eigenvalue weighted by atomic mass is 9.90. The molecule has 2 heterocycles. The number of benzene rings is 8. The fourth-order valence-electron chi connectivity index (χ4n) is 7.41. The van der Waals surface area contributed by atoms with Gasteiger partial charge in [-0.25, -0.2) is 15.0 Å². The van der Waals surface area contributed by atoms with Gasteiger partial charge in [-0.15, -0.1) is 0 Å². The first-order chi connectivity index (χ1) is 26.3. The van der Waals surface area contributed by atoms with E-state index in [0.717, 1.165) is 71.8 Å². The molecule has 0 aliphatic heterocycles. The lowest BCUT2D eigenvalue weighted by molar-refractivity contribution is 0.669. The van der Waals surface area contributed by atoms with Crippen molar-refractivity contribution in [2.75, 3.05) is 0 Å². The van der Waals surface area contributed by atoms with Crippen molar-refractivity contribution in [3.8, 4) is 67.5 Å². The predicted molar refractivity (Wildman–Crippen MR) is 217 cm³/mol. The molecule has 0 spiro atoms. The molecule has 2 aromatic heterocycles. The summed E-state index contributed by atoms with van der Waals surface area (Å²) in [6.45, 7) is 0. The SMILES string of the molecule is c1ccc(-c2ccc(-c3nc(-c4ccccc4)nc(-c4ccccc4-c4cccc(-c5c6ccccc6cc6oc7ccccc7c56)c4)n3)cc2)cc1. The summed E-state index contributed by atoms with van der Waals surface area (Å²) in [6.07, 6.45) is 0. The number of para-hydroxylation sites is 1. The molecule has 0 atom stereocenters. The first-order valence-electron chi connectivity index (χ1n) is 17.8. The Morgan fingerprint density at radius 3 is 1.62 bits per heavy atom. The van der Waals surface area contributed by atoms with E-state index in [2.05, 4.69) is 140 Å². The summed E-state index contributed by atoms with van der Waals surface area (Å²) in [5, 5.41) is 4.56. The van der Waals surface area contributed by atoms with E-state index in [0.29, 0.717) is 17.5 Å². The highest BCUT2D eigenvalue weighted by Crippen LogP contribution is 2.43. The van der Waals surface area contributed by atoms with Crippen LogP contribution in [0.15, 0.2) is 192 Å². The molecule has 0 unspecified atom stereocenters. The molecule has 0 radical (unpaired) electrons. The van der Waals surface area contributed by atoms with Gasteiger partial charge in [0.1, 0.15) is 11.2 Å². The number of nitrogens with zero attached hydrogens (tertiary/aromatic N) is 3. The monoisotopic (exact) mass is 677 g/mol. The molecule has 0 fully saturated rings. The van der Waals surface area contributed by atoms with Crippen molar-refractivity contribution in [2.45, 2.75) is 0 Å². The van der Waals surface area contributed by atoms with Gasteiger partial charge in [0.05, 0.1) is 0 Å². The van der Waals surface area contributed by atoms with Gasteiger partial charge in [0, 0.05) is 33.0 Å². The third-order valence-electron chi connectivity index (χ3n) is 9.94. The van der Waals surface area contributed by atoms with Crippen LogP contribution in [0.4, 0.5) is 0 Å². The number of rotatable bonds is 6. The largest absolute Gasteiger partial charge is 0.456 e. The molecule has 0 N–H and O–H groups in total. The molecule has 0 bridgehead atoms. The quantitative estimate of drug-likeness (QED) is 0.176. The van der Waals surface area contributed by atoms with Gasteiger partial charge in [-0.2, -0.15) is 0 Å². The summed E-state index contributed by atoms with van der Waals surface area (Å²) in [5.41, 5.74) is 11.3. The maximum Gasteiger partial charge on any atom is 0.164 e. The van der Waals surface area contributed by atoms with Crippen molar-refractivity contribution in [1.29, 1.82) is 0 Å². The molecule has 4 heteroatoms. The van der Waals surface area contributed by atoms with Gasteiger partial charge in [0.2, 0.25) is 0 Å². The summed E-state index contributed by atoms with van der Waals surface area (Å²) in [5.74, 6) is 1.88. The Labute approximate surface area is 306 Å². The summed E-state index contributed by atoms with van der Waals surface area (Å²) in [6, 6.07) is 65.1. The zero-order valence-electron chi connectivity index (χ0n) is 28.6. The van der Waals surface area contributed by atoms with E-state index in [4.69, 9.17) is 19.4 Å². The van der Waals surface area contributed by atoms with E-state index in [1.165, 1.54) is 10.9 Å². The number of hydrogen-bond acceptors (Lipinski definition) is 4. The van der Waals surface area contributed by atoms with Crippen molar-refractivity contribution in [2.24, 2.45) is 0 Å². The first kappa shape index (κ1) is 30.6. The topological polar surface area (TPSA) is 51.8 Å². The average Bonchev–Trinajstić information content (AvgIpc) is 3.61. The molecule has 10 aromatic rings. The van der Waals surface area contributed by atoms with Crippen LogP contribution in [0.2, 0.25) is 0 Å². The molecular weight excluding hydrogens is 647 g/mol. The van der Waals surface area contributed by atoms with E-state index in [1.54, 1.807) is 0 Å². The fraction of sp³-hybridized carbons (Fsp3) is 0. The highest BCUT2D eigenvalue weighted by atomic mass is 16.3. The van der Waals surface area contributed by atoms with Crippen LogP contribution in [0, 0.1) is 0 Å². The van der Waals surface area contributed by atoms with Crippen LogP contribution in [0.3, 0.4) is 0 Å². The van der Waals surface area contributed by atoms with Gasteiger partial charge in [-0.05, 0) is 56.8 Å². The molecule has 53 heavy (non-hydrogen) atoms. The zero-order chi connectivity index (χ0) is 35.1. The van der Waals surface area contributed by atoms with Crippen LogP contribution in [0.25, 0.3) is 100 Å². The van der Waals surface area contributed by atoms with Crippen LogP contribution < -0.4 is 0 Å². The van der Waals surface area contributed by atoms with Gasteiger partial charge in [0.15, 0.2) is 17.5 Å². The third-order valence-corrected chi connectivity index (χ3v) is 9.94. The summed E-state index contributed by atoms with van der Waals surface area (Å²) in [4.78, 5) is 15.3. The Bertz CT molecular complexity index is 2930. The third kappa shape index (κ3) is 5.54. The van der Waals surface area contributed by atoms with E-state index in [9.17, 15) is 0 Å². The van der Waals surface area contributed by atoms with Crippen molar-refractivity contribution in [3.05, 3.63) is 188 Å². The standard InChI is InChI=1S/C49H31N3O/c1-3-14-32(15-4-1)33-26-28-35(29-27-33)48-50-47(34-16-5-2-6-17-34)51-49(52-48)41-23-10-9-21-39(41)36-19-13-20-38(30-36)45-40-22-8-7-18-37(40)31-44-46(45)42-24-11-12-25-43(42)53-44/h1-31H. The Kier molecular flexibility index (Phi) is 7.43. The molecule has 0 aliphatic rings. The molecule has 0 saturated carbocycles. The maximum absolute atomic E-state index is 6.42. The van der Waals surface area contributed by atoms with E-state index < -0.39 is 0 Å². The van der Waals surface area contributed by atoms with Gasteiger partial charge in [-0.3, -0.25) is 0 Å². The molecule has 248 valence electrons. The summed E-state index contributed by atoms with van der Waals surface area (Å²) in [7, 11) is 0. The lowest BCUT2D eigenvalue weighted by Crippen LogP contribution is -2.01. The van der Waals surface area contributed by atoms with E-state index in [-0.39, 0.29) is 0 Å². The molecular formula is C49H31N3O. The highest BCUT2D eigenvalue weighted by molar-refractivity contribution is 6.20. The van der Waals surface area contributed by atoms with Gasteiger partial charge >= 0.3 is 0 Å². The van der Waals surface area contributed by atoms with Gasteiger partial charge < -0.3 is 4.42 Å². The van der Waals surface area contributed by atoms with Crippen molar-refractivity contribution < 1.29 is 4.42 Å². The minimum atomic E-state index is 0.621. The van der Waals surface area contributed by atoms with Crippen LogP contribution in [-0.2, 0) is 0 Å². The molecule has 8 aromatic carbocycles. The van der Waals surface area contributed by atoms with E-state index >= 15 is 0 Å². The van der Waals surface area contributed by atoms with Crippen LogP contribution >= 0.6 is 0 Å². The molecule has 10 rings (SSSR count). The average molecular weight is 678 g/mol. The van der Waals surface area contributed by atoms with Crippen molar-refractivity contribution in [3.63, 3.8) is 0 Å². The van der Waals surface area contributed by atoms with Crippen LogP contribution in [0.5, 0.6) is 0 Å². The second-order valence-electron chi connectivity index (χ2n) is 13.2. The maximum atomic E-state index is 6.42. The summed E-state index contributed by atoms with van der Waals surface area (Å²) < 4.78 is 6.42. The van der Waals surface area contributed by atoms with Crippen molar-refractivity contribution >= 4 is 32.7 Å². The number of furan rings is 1. The Hall–Kier alpha value is -7.17. The van der Waals surface area contributed by atoms with Crippen LogP contribution in [-0.4, -0.2) is 15.0 Å². The lowest BCUT2D eigenvalue weighted by Gasteiger charge is -2.14. The molecule has 0 saturated heterocycles. The summed E-state index contributed by atoms with van der Waals surface area (Å²) >= 11 is 0. The molecule has 0 amide bonds. The Morgan fingerprint density at radius 2 is 0.849 bits per heavy atom. The Morgan fingerprint density at radius 1 is 0.321 bits per heavy atom. The highest BCUT2D eigenvalue weighted by Gasteiger charge is 2.19. The minimum absolute atomic E-state index is 0.621.